The van der Waals surface area contributed by atoms with Gasteiger partial charge in [0.1, 0.15) is 17.8 Å². The molecule has 1 aromatic heterocycles. The van der Waals surface area contributed by atoms with Crippen LogP contribution in [0.25, 0.3) is 5.69 Å². The topological polar surface area (TPSA) is 139 Å². The number of hydrogen-bond donors (Lipinski definition) is 4. The number of primary amides is 1. The molecule has 3 rings (SSSR count). The van der Waals surface area contributed by atoms with Crippen LogP contribution in [-0.2, 0) is 0 Å². The van der Waals surface area contributed by atoms with Gasteiger partial charge in [0.25, 0.3) is 17.7 Å². The van der Waals surface area contributed by atoms with Crippen molar-refractivity contribution in [1.82, 2.24) is 14.9 Å². The second-order valence-corrected chi connectivity index (χ2v) is 6.69. The first-order chi connectivity index (χ1) is 14.8. The highest BCUT2D eigenvalue weighted by Crippen LogP contribution is 2.21. The number of halogens is 2. The van der Waals surface area contributed by atoms with Crippen molar-refractivity contribution in [2.45, 2.75) is 0 Å². The minimum absolute atomic E-state index is 0.0148. The van der Waals surface area contributed by atoms with Gasteiger partial charge in [0.05, 0.1) is 17.2 Å². The number of nitrogens with zero attached hydrogens (tertiary/aromatic N) is 2. The first-order valence-corrected chi connectivity index (χ1v) is 9.32. The van der Waals surface area contributed by atoms with Gasteiger partial charge in [-0.25, -0.2) is 9.37 Å². The Bertz CT molecular complexity index is 1150. The Kier molecular flexibility index (Phi) is 6.63. The number of hydrogen-bond acceptors (Lipinski definition) is 5. The van der Waals surface area contributed by atoms with Crippen molar-refractivity contribution in [3.05, 3.63) is 76.6 Å². The van der Waals surface area contributed by atoms with Crippen LogP contribution in [0, 0.1) is 5.82 Å². The summed E-state index contributed by atoms with van der Waals surface area (Å²) >= 11 is 5.90. The van der Waals surface area contributed by atoms with Gasteiger partial charge in [-0.2, -0.15) is 0 Å². The molecule has 3 amide bonds. The molecule has 0 bridgehead atoms. The van der Waals surface area contributed by atoms with E-state index in [-0.39, 0.29) is 35.1 Å². The number of carbonyl (C=O) groups excluding carboxylic acids is 3. The monoisotopic (exact) mass is 445 g/mol. The first kappa shape index (κ1) is 21.9. The normalized spacial score (nSPS) is 10.5. The van der Waals surface area contributed by atoms with Gasteiger partial charge in [0.2, 0.25) is 0 Å². The van der Waals surface area contributed by atoms with Crippen molar-refractivity contribution in [2.24, 2.45) is 5.73 Å². The number of aliphatic hydroxyl groups excluding tert-OH is 1. The molecule has 0 aliphatic rings. The van der Waals surface area contributed by atoms with E-state index < -0.39 is 23.5 Å². The second-order valence-electron chi connectivity index (χ2n) is 6.28. The average molecular weight is 446 g/mol. The van der Waals surface area contributed by atoms with E-state index in [4.69, 9.17) is 22.4 Å². The van der Waals surface area contributed by atoms with Gasteiger partial charge in [0, 0.05) is 17.9 Å². The fraction of sp³-hybridized carbons (Fsp3) is 0.100. The first-order valence-electron chi connectivity index (χ1n) is 8.95. The fourth-order valence-electron chi connectivity index (χ4n) is 2.77. The maximum Gasteiger partial charge on any atom is 0.270 e. The van der Waals surface area contributed by atoms with Crippen molar-refractivity contribution >= 4 is 35.0 Å². The zero-order valence-corrected chi connectivity index (χ0v) is 16.7. The molecule has 5 N–H and O–H groups in total. The van der Waals surface area contributed by atoms with E-state index in [2.05, 4.69) is 15.6 Å². The van der Waals surface area contributed by atoms with Crippen LogP contribution in [0.1, 0.15) is 31.3 Å². The van der Waals surface area contributed by atoms with Crippen LogP contribution in [0.4, 0.5) is 10.1 Å². The molecule has 31 heavy (non-hydrogen) atoms. The number of carbonyl (C=O) groups is 3. The molecule has 1 heterocycles. The van der Waals surface area contributed by atoms with Crippen LogP contribution in [0.3, 0.4) is 0 Å². The average Bonchev–Trinajstić information content (AvgIpc) is 3.18. The summed E-state index contributed by atoms with van der Waals surface area (Å²) < 4.78 is 14.5. The number of rotatable bonds is 7. The second kappa shape index (κ2) is 9.37. The highest BCUT2D eigenvalue weighted by Gasteiger charge is 2.23. The van der Waals surface area contributed by atoms with Crippen LogP contribution in [0.15, 0.2) is 48.8 Å². The minimum Gasteiger partial charge on any atom is -0.395 e. The number of nitrogens with one attached hydrogen (secondary N) is 2. The van der Waals surface area contributed by atoms with Gasteiger partial charge in [0.15, 0.2) is 5.69 Å². The molecule has 11 heteroatoms. The number of imidazole rings is 1. The van der Waals surface area contributed by atoms with E-state index in [1.165, 1.54) is 17.0 Å². The van der Waals surface area contributed by atoms with Crippen molar-refractivity contribution < 1.29 is 23.9 Å². The Morgan fingerprint density at radius 1 is 1.13 bits per heavy atom. The van der Waals surface area contributed by atoms with E-state index in [0.717, 1.165) is 12.1 Å². The summed E-state index contributed by atoms with van der Waals surface area (Å²) in [5, 5.41) is 14.0. The van der Waals surface area contributed by atoms with Gasteiger partial charge in [-0.05, 0) is 42.5 Å². The van der Waals surface area contributed by atoms with E-state index >= 15 is 0 Å². The molecule has 0 radical (unpaired) electrons. The molecule has 3 aromatic rings. The summed E-state index contributed by atoms with van der Waals surface area (Å²) in [6, 6.07) is 9.72. The zero-order chi connectivity index (χ0) is 22.5. The SMILES string of the molecule is NC(=O)c1ncn(-c2ccc(NC(=O)c3ccc(F)cc3Cl)cc2)c1C(=O)NCCO. The number of aromatic nitrogens is 2. The zero-order valence-electron chi connectivity index (χ0n) is 15.9. The molecule has 0 spiro atoms. The summed E-state index contributed by atoms with van der Waals surface area (Å²) in [6.07, 6.45) is 1.26. The maximum absolute atomic E-state index is 13.2. The Morgan fingerprint density at radius 2 is 1.84 bits per heavy atom. The molecule has 0 saturated carbocycles. The molecular weight excluding hydrogens is 429 g/mol. The number of aliphatic hydroxyl groups is 1. The van der Waals surface area contributed by atoms with Gasteiger partial charge in [-0.3, -0.25) is 19.0 Å². The van der Waals surface area contributed by atoms with Crippen LogP contribution >= 0.6 is 11.6 Å². The summed E-state index contributed by atoms with van der Waals surface area (Å²) in [5.74, 6) is -2.60. The Morgan fingerprint density at radius 3 is 2.45 bits per heavy atom. The van der Waals surface area contributed by atoms with Gasteiger partial charge in [-0.15, -0.1) is 0 Å². The number of anilines is 1. The third kappa shape index (κ3) is 4.87. The van der Waals surface area contributed by atoms with Gasteiger partial charge in [-0.1, -0.05) is 11.6 Å². The smallest absolute Gasteiger partial charge is 0.270 e. The van der Waals surface area contributed by atoms with Crippen molar-refractivity contribution in [3.8, 4) is 5.69 Å². The maximum atomic E-state index is 13.2. The number of amides is 3. The molecule has 0 saturated heterocycles. The predicted molar refractivity (Wildman–Crippen MR) is 111 cm³/mol. The van der Waals surface area contributed by atoms with Crippen LogP contribution in [-0.4, -0.2) is 45.5 Å². The fourth-order valence-corrected chi connectivity index (χ4v) is 3.03. The minimum atomic E-state index is -0.882. The van der Waals surface area contributed by atoms with Crippen molar-refractivity contribution in [3.63, 3.8) is 0 Å². The summed E-state index contributed by atoms with van der Waals surface area (Å²) in [5.41, 5.74) is 5.98. The van der Waals surface area contributed by atoms with Crippen LogP contribution in [0.2, 0.25) is 5.02 Å². The van der Waals surface area contributed by atoms with E-state index in [1.807, 2.05) is 0 Å². The molecule has 0 aliphatic heterocycles. The Labute approximate surface area is 180 Å². The number of benzene rings is 2. The summed E-state index contributed by atoms with van der Waals surface area (Å²) in [6.45, 7) is -0.294. The molecule has 0 atom stereocenters. The summed E-state index contributed by atoms with van der Waals surface area (Å²) in [4.78, 5) is 40.3. The molecule has 2 aromatic carbocycles. The van der Waals surface area contributed by atoms with Crippen molar-refractivity contribution in [2.75, 3.05) is 18.5 Å². The lowest BCUT2D eigenvalue weighted by atomic mass is 10.2. The molecular formula is C20H17ClFN5O4. The standard InChI is InChI=1S/C20H17ClFN5O4/c21-15-9-11(22)1-6-14(15)19(30)26-12-2-4-13(5-3-12)27-10-25-16(18(23)29)17(27)20(31)24-7-8-28/h1-6,9-10,28H,7-8H2,(H2,23,29)(H,24,31)(H,26,30). The van der Waals surface area contributed by atoms with E-state index in [0.29, 0.717) is 11.4 Å². The third-order valence-corrected chi connectivity index (χ3v) is 4.51. The van der Waals surface area contributed by atoms with Crippen LogP contribution in [0.5, 0.6) is 0 Å². The highest BCUT2D eigenvalue weighted by atomic mass is 35.5. The Balaban J connectivity index is 1.85. The lowest BCUT2D eigenvalue weighted by Crippen LogP contribution is -2.30. The van der Waals surface area contributed by atoms with Crippen LogP contribution < -0.4 is 16.4 Å². The largest absolute Gasteiger partial charge is 0.395 e. The van der Waals surface area contributed by atoms with E-state index in [9.17, 15) is 18.8 Å². The Hall–Kier alpha value is -3.76. The lowest BCUT2D eigenvalue weighted by molar-refractivity contribution is 0.0921. The number of nitrogens with two attached hydrogens (primary N) is 1. The van der Waals surface area contributed by atoms with E-state index in [1.54, 1.807) is 24.3 Å². The van der Waals surface area contributed by atoms with Crippen molar-refractivity contribution in [1.29, 1.82) is 0 Å². The summed E-state index contributed by atoms with van der Waals surface area (Å²) in [7, 11) is 0. The molecule has 0 fully saturated rings. The molecule has 0 aliphatic carbocycles. The molecule has 160 valence electrons. The predicted octanol–water partition coefficient (Wildman–Crippen LogP) is 1.74. The lowest BCUT2D eigenvalue weighted by Gasteiger charge is -2.11. The highest BCUT2D eigenvalue weighted by molar-refractivity contribution is 6.34. The molecule has 9 nitrogen and oxygen atoms in total. The third-order valence-electron chi connectivity index (χ3n) is 4.19. The quantitative estimate of drug-likeness (QED) is 0.438. The van der Waals surface area contributed by atoms with Gasteiger partial charge >= 0.3 is 0 Å². The van der Waals surface area contributed by atoms with Gasteiger partial charge < -0.3 is 21.5 Å². The molecule has 0 unspecified atom stereocenters.